The van der Waals surface area contributed by atoms with Crippen LogP contribution in [0, 0.1) is 22.7 Å². The molecule has 0 radical (unpaired) electrons. The van der Waals surface area contributed by atoms with Gasteiger partial charge in [-0.3, -0.25) is 0 Å². The molecule has 0 heterocycles. The highest BCUT2D eigenvalue weighted by Gasteiger charge is 2.40. The molecule has 2 atom stereocenters. The Bertz CT molecular complexity index is 195. The molecule has 0 amide bonds. The monoisotopic (exact) mass is 197 g/mol. The summed E-state index contributed by atoms with van der Waals surface area (Å²) in [4.78, 5) is 0. The molecule has 0 saturated heterocycles. The second-order valence-corrected chi connectivity index (χ2v) is 6.77. The van der Waals surface area contributed by atoms with Crippen molar-refractivity contribution < 1.29 is 0 Å². The third kappa shape index (κ3) is 2.73. The molecular formula is C13H27N. The zero-order valence-electron chi connectivity index (χ0n) is 10.6. The lowest BCUT2D eigenvalue weighted by atomic mass is 9.59. The molecule has 0 bridgehead atoms. The molecule has 84 valence electrons. The molecule has 1 aliphatic rings. The highest BCUT2D eigenvalue weighted by atomic mass is 14.6. The van der Waals surface area contributed by atoms with Crippen molar-refractivity contribution in [3.8, 4) is 0 Å². The molecule has 1 aliphatic carbocycles. The van der Waals surface area contributed by atoms with Crippen molar-refractivity contribution >= 4 is 0 Å². The van der Waals surface area contributed by atoms with Gasteiger partial charge in [-0.05, 0) is 48.5 Å². The van der Waals surface area contributed by atoms with E-state index >= 15 is 0 Å². The molecule has 2 N–H and O–H groups in total. The lowest BCUT2D eigenvalue weighted by Crippen LogP contribution is -2.41. The number of hydrogen-bond acceptors (Lipinski definition) is 1. The van der Waals surface area contributed by atoms with E-state index in [9.17, 15) is 0 Å². The first-order chi connectivity index (χ1) is 6.28. The van der Waals surface area contributed by atoms with Gasteiger partial charge in [-0.1, -0.05) is 34.6 Å². The van der Waals surface area contributed by atoms with Crippen LogP contribution < -0.4 is 5.73 Å². The molecule has 0 aromatic heterocycles. The molecule has 1 heteroatoms. The predicted octanol–water partition coefficient (Wildman–Crippen LogP) is 3.43. The standard InChI is InChI=1S/C13H27N/c1-10(2)11-6-12(3,4)8-13(5,7-11)9-14/h10-11H,6-9,14H2,1-5H3. The highest BCUT2D eigenvalue weighted by molar-refractivity contribution is 4.92. The number of rotatable bonds is 2. The molecule has 2 unspecified atom stereocenters. The first-order valence-electron chi connectivity index (χ1n) is 5.98. The van der Waals surface area contributed by atoms with E-state index in [0.717, 1.165) is 18.4 Å². The molecule has 0 aromatic rings. The van der Waals surface area contributed by atoms with Crippen LogP contribution >= 0.6 is 0 Å². The fraction of sp³-hybridized carbons (Fsp3) is 1.00. The van der Waals surface area contributed by atoms with Crippen LogP contribution in [0.25, 0.3) is 0 Å². The maximum absolute atomic E-state index is 5.92. The van der Waals surface area contributed by atoms with Gasteiger partial charge < -0.3 is 5.73 Å². The lowest BCUT2D eigenvalue weighted by molar-refractivity contribution is 0.0406. The van der Waals surface area contributed by atoms with Crippen LogP contribution in [0.15, 0.2) is 0 Å². The summed E-state index contributed by atoms with van der Waals surface area (Å²) in [5, 5.41) is 0. The summed E-state index contributed by atoms with van der Waals surface area (Å²) >= 11 is 0. The third-order valence-corrected chi connectivity index (χ3v) is 3.91. The van der Waals surface area contributed by atoms with Crippen molar-refractivity contribution in [3.63, 3.8) is 0 Å². The average Bonchev–Trinajstić information content (AvgIpc) is 2.01. The minimum Gasteiger partial charge on any atom is -0.330 e. The van der Waals surface area contributed by atoms with Crippen molar-refractivity contribution in [1.29, 1.82) is 0 Å². The maximum Gasteiger partial charge on any atom is -0.00229 e. The van der Waals surface area contributed by atoms with E-state index in [1.54, 1.807) is 0 Å². The lowest BCUT2D eigenvalue weighted by Gasteiger charge is -2.47. The predicted molar refractivity (Wildman–Crippen MR) is 63.1 cm³/mol. The van der Waals surface area contributed by atoms with E-state index in [1.165, 1.54) is 19.3 Å². The van der Waals surface area contributed by atoms with Crippen LogP contribution in [0.2, 0.25) is 0 Å². The van der Waals surface area contributed by atoms with Crippen molar-refractivity contribution in [1.82, 2.24) is 0 Å². The number of nitrogens with two attached hydrogens (primary N) is 1. The van der Waals surface area contributed by atoms with Gasteiger partial charge >= 0.3 is 0 Å². The molecule has 0 spiro atoms. The van der Waals surface area contributed by atoms with E-state index in [0.29, 0.717) is 10.8 Å². The Balaban J connectivity index is 2.77. The minimum atomic E-state index is 0.386. The van der Waals surface area contributed by atoms with Gasteiger partial charge in [0.2, 0.25) is 0 Å². The molecule has 0 aliphatic heterocycles. The Labute approximate surface area is 89.5 Å². The molecule has 1 rings (SSSR count). The summed E-state index contributed by atoms with van der Waals surface area (Å²) < 4.78 is 0. The largest absolute Gasteiger partial charge is 0.330 e. The highest BCUT2D eigenvalue weighted by Crippen LogP contribution is 2.49. The molecule has 0 aromatic carbocycles. The van der Waals surface area contributed by atoms with Crippen molar-refractivity contribution in [2.75, 3.05) is 6.54 Å². The van der Waals surface area contributed by atoms with Crippen molar-refractivity contribution in [3.05, 3.63) is 0 Å². The fourth-order valence-electron chi connectivity index (χ4n) is 3.34. The normalized spacial score (nSPS) is 37.5. The Morgan fingerprint density at radius 1 is 1.21 bits per heavy atom. The summed E-state index contributed by atoms with van der Waals surface area (Å²) in [5.74, 6) is 1.67. The number of hydrogen-bond donors (Lipinski definition) is 1. The van der Waals surface area contributed by atoms with Gasteiger partial charge in [-0.2, -0.15) is 0 Å². The summed E-state index contributed by atoms with van der Waals surface area (Å²) in [6, 6.07) is 0. The molecular weight excluding hydrogens is 170 g/mol. The second kappa shape index (κ2) is 3.84. The maximum atomic E-state index is 5.92. The van der Waals surface area contributed by atoms with Crippen LogP contribution in [0.5, 0.6) is 0 Å². The topological polar surface area (TPSA) is 26.0 Å². The zero-order valence-corrected chi connectivity index (χ0v) is 10.6. The van der Waals surface area contributed by atoms with Gasteiger partial charge in [0, 0.05) is 0 Å². The van der Waals surface area contributed by atoms with Crippen LogP contribution in [0.4, 0.5) is 0 Å². The van der Waals surface area contributed by atoms with Crippen LogP contribution in [0.3, 0.4) is 0 Å². The van der Waals surface area contributed by atoms with E-state index in [-0.39, 0.29) is 0 Å². The van der Waals surface area contributed by atoms with Crippen LogP contribution in [0.1, 0.15) is 53.9 Å². The molecule has 14 heavy (non-hydrogen) atoms. The van der Waals surface area contributed by atoms with Gasteiger partial charge in [0.25, 0.3) is 0 Å². The zero-order chi connectivity index (χ0) is 11.0. The van der Waals surface area contributed by atoms with Crippen molar-refractivity contribution in [2.45, 2.75) is 53.9 Å². The Kier molecular flexibility index (Phi) is 3.30. The van der Waals surface area contributed by atoms with E-state index in [2.05, 4.69) is 34.6 Å². The average molecular weight is 197 g/mol. The first-order valence-corrected chi connectivity index (χ1v) is 5.98. The SMILES string of the molecule is CC(C)C1CC(C)(C)CC(C)(CN)C1. The van der Waals surface area contributed by atoms with Gasteiger partial charge in [0.1, 0.15) is 0 Å². The van der Waals surface area contributed by atoms with E-state index in [1.807, 2.05) is 0 Å². The van der Waals surface area contributed by atoms with E-state index in [4.69, 9.17) is 5.73 Å². The Morgan fingerprint density at radius 2 is 1.79 bits per heavy atom. The van der Waals surface area contributed by atoms with E-state index < -0.39 is 0 Å². The Hall–Kier alpha value is -0.0400. The van der Waals surface area contributed by atoms with Gasteiger partial charge in [0.15, 0.2) is 0 Å². The second-order valence-electron chi connectivity index (χ2n) is 6.77. The van der Waals surface area contributed by atoms with Gasteiger partial charge in [-0.25, -0.2) is 0 Å². The summed E-state index contributed by atoms with van der Waals surface area (Å²) in [7, 11) is 0. The summed E-state index contributed by atoms with van der Waals surface area (Å²) in [6.45, 7) is 12.7. The smallest absolute Gasteiger partial charge is 0.00229 e. The molecule has 1 saturated carbocycles. The molecule has 1 nitrogen and oxygen atoms in total. The van der Waals surface area contributed by atoms with Crippen LogP contribution in [-0.4, -0.2) is 6.54 Å². The minimum absolute atomic E-state index is 0.386. The van der Waals surface area contributed by atoms with Crippen molar-refractivity contribution in [2.24, 2.45) is 28.4 Å². The first kappa shape index (κ1) is 12.0. The van der Waals surface area contributed by atoms with Gasteiger partial charge in [-0.15, -0.1) is 0 Å². The quantitative estimate of drug-likeness (QED) is 0.721. The van der Waals surface area contributed by atoms with Crippen LogP contribution in [-0.2, 0) is 0 Å². The Morgan fingerprint density at radius 3 is 2.21 bits per heavy atom. The summed E-state index contributed by atoms with van der Waals surface area (Å²) in [6.07, 6.45) is 3.99. The molecule has 1 fully saturated rings. The summed E-state index contributed by atoms with van der Waals surface area (Å²) in [5.41, 5.74) is 6.79. The third-order valence-electron chi connectivity index (χ3n) is 3.91. The van der Waals surface area contributed by atoms with Gasteiger partial charge in [0.05, 0.1) is 0 Å². The fourth-order valence-corrected chi connectivity index (χ4v) is 3.34.